The summed E-state index contributed by atoms with van der Waals surface area (Å²) in [5, 5.41) is 7.24. The van der Waals surface area contributed by atoms with Crippen molar-refractivity contribution in [3.05, 3.63) is 16.1 Å². The molecule has 0 amide bonds. The Kier molecular flexibility index (Phi) is 5.81. The molecule has 0 spiro atoms. The molecule has 3 nitrogen and oxygen atoms in total. The maximum atomic E-state index is 4.62. The van der Waals surface area contributed by atoms with Crippen LogP contribution in [0.1, 0.15) is 51.2 Å². The van der Waals surface area contributed by atoms with Crippen molar-refractivity contribution in [3.8, 4) is 0 Å². The Morgan fingerprint density at radius 1 is 1.43 bits per heavy atom. The fourth-order valence-corrected chi connectivity index (χ4v) is 4.07. The molecule has 2 heterocycles. The van der Waals surface area contributed by atoms with Crippen LogP contribution in [0.4, 0.5) is 0 Å². The molecule has 1 saturated heterocycles. The number of rotatable bonds is 6. The lowest BCUT2D eigenvalue weighted by Crippen LogP contribution is -2.65. The van der Waals surface area contributed by atoms with Gasteiger partial charge in [-0.2, -0.15) is 0 Å². The zero-order chi connectivity index (χ0) is 15.5. The highest BCUT2D eigenvalue weighted by Crippen LogP contribution is 2.26. The molecule has 0 aromatic carbocycles. The highest BCUT2D eigenvalue weighted by Gasteiger charge is 2.37. The van der Waals surface area contributed by atoms with Gasteiger partial charge in [-0.05, 0) is 25.7 Å². The van der Waals surface area contributed by atoms with Crippen LogP contribution in [0.2, 0.25) is 0 Å². The lowest BCUT2D eigenvalue weighted by molar-refractivity contribution is 0.0512. The van der Waals surface area contributed by atoms with Crippen molar-refractivity contribution in [2.45, 2.75) is 65.5 Å². The van der Waals surface area contributed by atoms with Gasteiger partial charge in [0.15, 0.2) is 0 Å². The first-order chi connectivity index (χ1) is 9.99. The second-order valence-corrected chi connectivity index (χ2v) is 7.82. The molecule has 21 heavy (non-hydrogen) atoms. The van der Waals surface area contributed by atoms with Crippen molar-refractivity contribution >= 4 is 11.3 Å². The maximum Gasteiger partial charge on any atom is 0.0897 e. The maximum absolute atomic E-state index is 4.62. The first kappa shape index (κ1) is 16.9. The molecule has 2 rings (SSSR count). The van der Waals surface area contributed by atoms with E-state index in [1.807, 2.05) is 0 Å². The molecule has 1 aromatic rings. The average molecular weight is 310 g/mol. The van der Waals surface area contributed by atoms with Crippen LogP contribution in [0.15, 0.2) is 5.38 Å². The predicted molar refractivity (Wildman–Crippen MR) is 92.1 cm³/mol. The first-order valence-electron chi connectivity index (χ1n) is 8.39. The predicted octanol–water partition coefficient (Wildman–Crippen LogP) is 3.48. The third kappa shape index (κ3) is 4.05. The molecule has 0 bridgehead atoms. The van der Waals surface area contributed by atoms with Gasteiger partial charge in [0.1, 0.15) is 0 Å². The molecule has 1 N–H and O–H groups in total. The van der Waals surface area contributed by atoms with Gasteiger partial charge >= 0.3 is 0 Å². The summed E-state index contributed by atoms with van der Waals surface area (Å²) < 4.78 is 0. The van der Waals surface area contributed by atoms with Gasteiger partial charge < -0.3 is 5.32 Å². The number of nitrogens with one attached hydrogen (secondary N) is 1. The smallest absolute Gasteiger partial charge is 0.0897 e. The summed E-state index contributed by atoms with van der Waals surface area (Å²) in [5.41, 5.74) is 1.57. The van der Waals surface area contributed by atoms with Crippen LogP contribution in [-0.4, -0.2) is 41.1 Å². The summed E-state index contributed by atoms with van der Waals surface area (Å²) >= 11 is 1.76. The lowest BCUT2D eigenvalue weighted by atomic mass is 9.86. The highest BCUT2D eigenvalue weighted by atomic mass is 32.1. The number of thiazole rings is 1. The van der Waals surface area contributed by atoms with Gasteiger partial charge in [0.25, 0.3) is 0 Å². The summed E-state index contributed by atoms with van der Waals surface area (Å²) in [5.74, 6) is 0.696. The van der Waals surface area contributed by atoms with E-state index in [0.717, 1.165) is 19.5 Å². The SMILES string of the molecule is CCC1(CC)CN(CCc2csc(C)n2)C(C(C)C)CN1. The quantitative estimate of drug-likeness (QED) is 0.872. The summed E-state index contributed by atoms with van der Waals surface area (Å²) in [4.78, 5) is 7.33. The number of aryl methyl sites for hydroxylation is 1. The Morgan fingerprint density at radius 3 is 2.67 bits per heavy atom. The summed E-state index contributed by atoms with van der Waals surface area (Å²) in [6.45, 7) is 14.8. The number of piperazine rings is 1. The number of hydrogen-bond donors (Lipinski definition) is 1. The third-order valence-corrected chi connectivity index (χ3v) is 5.93. The van der Waals surface area contributed by atoms with E-state index in [1.54, 1.807) is 11.3 Å². The van der Waals surface area contributed by atoms with Gasteiger partial charge in [-0.1, -0.05) is 27.7 Å². The van der Waals surface area contributed by atoms with Crippen molar-refractivity contribution in [2.24, 2.45) is 5.92 Å². The highest BCUT2D eigenvalue weighted by molar-refractivity contribution is 7.09. The fourth-order valence-electron chi connectivity index (χ4n) is 3.42. The number of nitrogens with zero attached hydrogens (tertiary/aromatic N) is 2. The zero-order valence-electron chi connectivity index (χ0n) is 14.3. The van der Waals surface area contributed by atoms with Crippen LogP contribution in [0.3, 0.4) is 0 Å². The summed E-state index contributed by atoms with van der Waals surface area (Å²) in [7, 11) is 0. The van der Waals surface area contributed by atoms with E-state index in [4.69, 9.17) is 0 Å². The molecule has 0 saturated carbocycles. The van der Waals surface area contributed by atoms with Crippen LogP contribution in [0.25, 0.3) is 0 Å². The van der Waals surface area contributed by atoms with Crippen molar-refractivity contribution in [3.63, 3.8) is 0 Å². The average Bonchev–Trinajstić information content (AvgIpc) is 2.90. The van der Waals surface area contributed by atoms with Crippen molar-refractivity contribution < 1.29 is 0 Å². The second-order valence-electron chi connectivity index (χ2n) is 6.76. The molecule has 1 fully saturated rings. The molecule has 1 aliphatic rings. The lowest BCUT2D eigenvalue weighted by Gasteiger charge is -2.49. The Balaban J connectivity index is 2.03. The van der Waals surface area contributed by atoms with Gasteiger partial charge in [-0.25, -0.2) is 4.98 Å². The molecule has 0 aliphatic carbocycles. The molecule has 1 atom stereocenters. The van der Waals surface area contributed by atoms with Crippen molar-refractivity contribution in [2.75, 3.05) is 19.6 Å². The van der Waals surface area contributed by atoms with Gasteiger partial charge in [-0.15, -0.1) is 11.3 Å². The third-order valence-electron chi connectivity index (χ3n) is 5.11. The van der Waals surface area contributed by atoms with Crippen LogP contribution in [0.5, 0.6) is 0 Å². The summed E-state index contributed by atoms with van der Waals surface area (Å²) in [6.07, 6.45) is 3.50. The number of hydrogen-bond acceptors (Lipinski definition) is 4. The van der Waals surface area contributed by atoms with Crippen LogP contribution >= 0.6 is 11.3 Å². The Morgan fingerprint density at radius 2 is 2.14 bits per heavy atom. The van der Waals surface area contributed by atoms with Gasteiger partial charge in [0, 0.05) is 43.0 Å². The van der Waals surface area contributed by atoms with E-state index in [0.29, 0.717) is 17.5 Å². The minimum atomic E-state index is 0.309. The van der Waals surface area contributed by atoms with E-state index < -0.39 is 0 Å². The minimum Gasteiger partial charge on any atom is -0.308 e. The molecule has 120 valence electrons. The molecule has 1 aromatic heterocycles. The zero-order valence-corrected chi connectivity index (χ0v) is 15.1. The Bertz CT molecular complexity index is 437. The van der Waals surface area contributed by atoms with Gasteiger partial charge in [0.2, 0.25) is 0 Å². The molecule has 1 unspecified atom stereocenters. The van der Waals surface area contributed by atoms with Crippen molar-refractivity contribution in [1.29, 1.82) is 0 Å². The van der Waals surface area contributed by atoms with Gasteiger partial charge in [-0.3, -0.25) is 4.90 Å². The van der Waals surface area contributed by atoms with E-state index in [1.165, 1.54) is 30.1 Å². The molecule has 4 heteroatoms. The van der Waals surface area contributed by atoms with Crippen LogP contribution in [-0.2, 0) is 6.42 Å². The first-order valence-corrected chi connectivity index (χ1v) is 9.27. The Hall–Kier alpha value is -0.450. The Labute approximate surface area is 134 Å². The van der Waals surface area contributed by atoms with Crippen molar-refractivity contribution in [1.82, 2.24) is 15.2 Å². The van der Waals surface area contributed by atoms with Gasteiger partial charge in [0.05, 0.1) is 10.7 Å². The molecular formula is C17H31N3S. The van der Waals surface area contributed by atoms with Crippen LogP contribution < -0.4 is 5.32 Å². The standard InChI is InChI=1S/C17H31N3S/c1-6-17(7-2)12-20(16(10-18-17)13(3)4)9-8-15-11-21-14(5)19-15/h11,13,16,18H,6-10,12H2,1-5H3. The molecular weight excluding hydrogens is 278 g/mol. The fraction of sp³-hybridized carbons (Fsp3) is 0.824. The molecule has 1 aliphatic heterocycles. The van der Waals surface area contributed by atoms with E-state index in [2.05, 4.69) is 55.2 Å². The second kappa shape index (κ2) is 7.21. The van der Waals surface area contributed by atoms with Crippen LogP contribution in [0, 0.1) is 12.8 Å². The molecule has 0 radical (unpaired) electrons. The minimum absolute atomic E-state index is 0.309. The normalized spacial score (nSPS) is 22.9. The van der Waals surface area contributed by atoms with E-state index in [-0.39, 0.29) is 0 Å². The van der Waals surface area contributed by atoms with E-state index in [9.17, 15) is 0 Å². The monoisotopic (exact) mass is 309 g/mol. The topological polar surface area (TPSA) is 28.2 Å². The summed E-state index contributed by atoms with van der Waals surface area (Å²) in [6, 6.07) is 0.649. The largest absolute Gasteiger partial charge is 0.308 e. The van der Waals surface area contributed by atoms with E-state index >= 15 is 0 Å². The number of aromatic nitrogens is 1.